The summed E-state index contributed by atoms with van der Waals surface area (Å²) in [6.45, 7) is 4.23. The van der Waals surface area contributed by atoms with Crippen LogP contribution in [-0.4, -0.2) is 22.7 Å². The Kier molecular flexibility index (Phi) is 6.21. The van der Waals surface area contributed by atoms with Gasteiger partial charge >= 0.3 is 5.97 Å². The predicted octanol–water partition coefficient (Wildman–Crippen LogP) is 3.95. The highest BCUT2D eigenvalue weighted by Gasteiger charge is 2.29. The minimum atomic E-state index is -0.415. The average molecular weight is 294 g/mol. The smallest absolute Gasteiger partial charge is 0.318 e. The zero-order valence-corrected chi connectivity index (χ0v) is 13.1. The first-order valence-electron chi connectivity index (χ1n) is 8.26. The van der Waals surface area contributed by atoms with Gasteiger partial charge in [0.05, 0.1) is 6.61 Å². The first-order chi connectivity index (χ1) is 10.3. The van der Waals surface area contributed by atoms with E-state index in [0.29, 0.717) is 24.8 Å². The first kappa shape index (κ1) is 16.0. The molecule has 118 valence electrons. The SMILES string of the molecule is CCCC(C(=O)OCC)c1nc(C2CCCCCC2)no1. The topological polar surface area (TPSA) is 65.2 Å². The summed E-state index contributed by atoms with van der Waals surface area (Å²) in [6, 6.07) is 0. The fraction of sp³-hybridized carbons (Fsp3) is 0.812. The van der Waals surface area contributed by atoms with E-state index in [9.17, 15) is 4.79 Å². The fourth-order valence-electron chi connectivity index (χ4n) is 2.97. The van der Waals surface area contributed by atoms with E-state index in [1.807, 2.05) is 13.8 Å². The second-order valence-electron chi connectivity index (χ2n) is 5.77. The Labute approximate surface area is 126 Å². The van der Waals surface area contributed by atoms with Crippen LogP contribution in [0.1, 0.15) is 88.8 Å². The molecule has 1 fully saturated rings. The number of esters is 1. The van der Waals surface area contributed by atoms with Crippen molar-refractivity contribution < 1.29 is 14.1 Å². The summed E-state index contributed by atoms with van der Waals surface area (Å²) >= 11 is 0. The van der Waals surface area contributed by atoms with Gasteiger partial charge < -0.3 is 9.26 Å². The maximum Gasteiger partial charge on any atom is 0.318 e. The largest absolute Gasteiger partial charge is 0.465 e. The van der Waals surface area contributed by atoms with Crippen LogP contribution in [0.3, 0.4) is 0 Å². The molecule has 0 aromatic carbocycles. The van der Waals surface area contributed by atoms with Crippen LogP contribution >= 0.6 is 0 Å². The van der Waals surface area contributed by atoms with Gasteiger partial charge in [0.15, 0.2) is 5.82 Å². The molecule has 0 spiro atoms. The highest BCUT2D eigenvalue weighted by Crippen LogP contribution is 2.31. The van der Waals surface area contributed by atoms with Crippen LogP contribution in [0.25, 0.3) is 0 Å². The molecular formula is C16H26N2O3. The van der Waals surface area contributed by atoms with Gasteiger partial charge in [0.2, 0.25) is 5.89 Å². The van der Waals surface area contributed by atoms with Crippen molar-refractivity contribution in [1.82, 2.24) is 10.1 Å². The van der Waals surface area contributed by atoms with Crippen molar-refractivity contribution in [2.75, 3.05) is 6.61 Å². The van der Waals surface area contributed by atoms with Gasteiger partial charge in [-0.15, -0.1) is 0 Å². The van der Waals surface area contributed by atoms with Crippen LogP contribution < -0.4 is 0 Å². The Bertz CT molecular complexity index is 436. The Morgan fingerprint density at radius 2 is 2.00 bits per heavy atom. The standard InChI is InChI=1S/C16H26N2O3/c1-3-9-13(16(19)20-4-2)15-17-14(18-21-15)12-10-7-5-6-8-11-12/h12-13H,3-11H2,1-2H3. The fourth-order valence-corrected chi connectivity index (χ4v) is 2.97. The van der Waals surface area contributed by atoms with Crippen LogP contribution in [0, 0.1) is 0 Å². The number of carbonyl (C=O) groups excluding carboxylic acids is 1. The van der Waals surface area contributed by atoms with Crippen LogP contribution in [0.5, 0.6) is 0 Å². The van der Waals surface area contributed by atoms with E-state index in [4.69, 9.17) is 9.26 Å². The van der Waals surface area contributed by atoms with Crippen molar-refractivity contribution in [2.45, 2.75) is 77.0 Å². The van der Waals surface area contributed by atoms with E-state index < -0.39 is 5.92 Å². The van der Waals surface area contributed by atoms with Crippen molar-refractivity contribution in [2.24, 2.45) is 0 Å². The van der Waals surface area contributed by atoms with Gasteiger partial charge in [-0.1, -0.05) is 44.2 Å². The molecule has 0 aliphatic heterocycles. The minimum Gasteiger partial charge on any atom is -0.465 e. The van der Waals surface area contributed by atoms with Crippen LogP contribution in [-0.2, 0) is 9.53 Å². The van der Waals surface area contributed by atoms with Crippen molar-refractivity contribution in [3.05, 3.63) is 11.7 Å². The number of ether oxygens (including phenoxy) is 1. The maximum atomic E-state index is 12.0. The summed E-state index contributed by atoms with van der Waals surface area (Å²) in [5.74, 6) is 0.915. The van der Waals surface area contributed by atoms with Gasteiger partial charge in [-0.05, 0) is 26.2 Å². The third kappa shape index (κ3) is 4.29. The van der Waals surface area contributed by atoms with E-state index >= 15 is 0 Å². The molecule has 0 bridgehead atoms. The van der Waals surface area contributed by atoms with Gasteiger partial charge in [-0.25, -0.2) is 0 Å². The molecule has 21 heavy (non-hydrogen) atoms. The average Bonchev–Trinajstić information content (AvgIpc) is 2.79. The Balaban J connectivity index is 2.09. The number of aromatic nitrogens is 2. The van der Waals surface area contributed by atoms with E-state index in [1.54, 1.807) is 0 Å². The summed E-state index contributed by atoms with van der Waals surface area (Å²) in [5.41, 5.74) is 0. The summed E-state index contributed by atoms with van der Waals surface area (Å²) in [5, 5.41) is 4.13. The second-order valence-corrected chi connectivity index (χ2v) is 5.77. The molecule has 0 saturated heterocycles. The van der Waals surface area contributed by atoms with Crippen molar-refractivity contribution in [3.63, 3.8) is 0 Å². The molecule has 0 radical (unpaired) electrons. The zero-order chi connectivity index (χ0) is 15.1. The highest BCUT2D eigenvalue weighted by atomic mass is 16.5. The van der Waals surface area contributed by atoms with Gasteiger partial charge in [0.25, 0.3) is 0 Å². The van der Waals surface area contributed by atoms with Gasteiger partial charge in [0, 0.05) is 5.92 Å². The molecule has 2 rings (SSSR count). The van der Waals surface area contributed by atoms with E-state index in [-0.39, 0.29) is 5.97 Å². The van der Waals surface area contributed by atoms with Crippen LogP contribution in [0.15, 0.2) is 4.52 Å². The highest BCUT2D eigenvalue weighted by molar-refractivity contribution is 5.76. The second kappa shape index (κ2) is 8.15. The van der Waals surface area contributed by atoms with Crippen molar-refractivity contribution >= 4 is 5.97 Å². The first-order valence-corrected chi connectivity index (χ1v) is 8.26. The van der Waals surface area contributed by atoms with Crippen molar-refractivity contribution in [1.29, 1.82) is 0 Å². The van der Waals surface area contributed by atoms with Gasteiger partial charge in [0.1, 0.15) is 5.92 Å². The van der Waals surface area contributed by atoms with Crippen molar-refractivity contribution in [3.8, 4) is 0 Å². The van der Waals surface area contributed by atoms with E-state index in [2.05, 4.69) is 10.1 Å². The normalized spacial score (nSPS) is 18.2. The molecule has 0 N–H and O–H groups in total. The van der Waals surface area contributed by atoms with E-state index in [0.717, 1.165) is 25.1 Å². The molecule has 1 atom stereocenters. The molecular weight excluding hydrogens is 268 g/mol. The number of hydrogen-bond acceptors (Lipinski definition) is 5. The molecule has 1 heterocycles. The lowest BCUT2D eigenvalue weighted by molar-refractivity contribution is -0.145. The van der Waals surface area contributed by atoms with E-state index in [1.165, 1.54) is 25.7 Å². The molecule has 1 aliphatic carbocycles. The third-order valence-electron chi connectivity index (χ3n) is 4.12. The Morgan fingerprint density at radius 1 is 1.29 bits per heavy atom. The molecule has 1 aromatic rings. The van der Waals surface area contributed by atoms with Gasteiger partial charge in [-0.2, -0.15) is 4.98 Å². The Hall–Kier alpha value is -1.39. The molecule has 1 aromatic heterocycles. The Morgan fingerprint density at radius 3 is 2.62 bits per heavy atom. The minimum absolute atomic E-state index is 0.254. The molecule has 5 nitrogen and oxygen atoms in total. The predicted molar refractivity (Wildman–Crippen MR) is 79.0 cm³/mol. The number of rotatable bonds is 6. The zero-order valence-electron chi connectivity index (χ0n) is 13.1. The lowest BCUT2D eigenvalue weighted by Gasteiger charge is -2.10. The van der Waals surface area contributed by atoms with Gasteiger partial charge in [-0.3, -0.25) is 4.79 Å². The molecule has 0 amide bonds. The summed E-state index contributed by atoms with van der Waals surface area (Å²) in [7, 11) is 0. The molecule has 1 unspecified atom stereocenters. The lowest BCUT2D eigenvalue weighted by atomic mass is 9.99. The summed E-state index contributed by atoms with van der Waals surface area (Å²) in [4.78, 5) is 16.5. The third-order valence-corrected chi connectivity index (χ3v) is 4.12. The lowest BCUT2D eigenvalue weighted by Crippen LogP contribution is -2.16. The van der Waals surface area contributed by atoms with Crippen LogP contribution in [0.4, 0.5) is 0 Å². The number of hydrogen-bond donors (Lipinski definition) is 0. The maximum absolute atomic E-state index is 12.0. The number of carbonyl (C=O) groups is 1. The quantitative estimate of drug-likeness (QED) is 0.587. The summed E-state index contributed by atoms with van der Waals surface area (Å²) in [6.07, 6.45) is 8.85. The monoisotopic (exact) mass is 294 g/mol. The summed E-state index contributed by atoms with van der Waals surface area (Å²) < 4.78 is 10.5. The molecule has 1 saturated carbocycles. The number of nitrogens with zero attached hydrogens (tertiary/aromatic N) is 2. The van der Waals surface area contributed by atoms with Crippen LogP contribution in [0.2, 0.25) is 0 Å². The molecule has 5 heteroatoms. The molecule has 1 aliphatic rings.